The number of carbonyl (C=O) groups is 2. The molecule has 0 unspecified atom stereocenters. The molecule has 0 atom stereocenters. The number of benzene rings is 3. The summed E-state index contributed by atoms with van der Waals surface area (Å²) < 4.78 is 8.35. The van der Waals surface area contributed by atoms with Gasteiger partial charge in [-0.2, -0.15) is 0 Å². The molecule has 0 aliphatic carbocycles. The van der Waals surface area contributed by atoms with E-state index in [0.717, 1.165) is 11.1 Å². The second-order valence-electron chi connectivity index (χ2n) is 9.24. The summed E-state index contributed by atoms with van der Waals surface area (Å²) in [7, 11) is 1.58. The molecule has 0 radical (unpaired) electrons. The van der Waals surface area contributed by atoms with E-state index in [4.69, 9.17) is 27.9 Å². The first-order valence-corrected chi connectivity index (χ1v) is 13.1. The standard InChI is InChI=1S/C29H26Cl2N4O4/c1-18-14-21(9-11-25(18)39-2)35-26(27(36)32-16-19-6-4-3-5-7-19)24-17-33(12-13-34(24)29(35)38)28(37)20-8-10-22(30)23(31)15-20/h3-11,14-15H,12-13,16-17H2,1-2H3,(H,32,36). The van der Waals surface area contributed by atoms with E-state index in [1.165, 1.54) is 10.6 Å². The minimum absolute atomic E-state index is 0.0740. The summed E-state index contributed by atoms with van der Waals surface area (Å²) >= 11 is 12.2. The van der Waals surface area contributed by atoms with Gasteiger partial charge in [-0.05, 0) is 54.4 Å². The fourth-order valence-electron chi connectivity index (χ4n) is 4.78. The molecule has 1 aliphatic rings. The molecule has 2 heterocycles. The van der Waals surface area contributed by atoms with Gasteiger partial charge in [0.2, 0.25) is 0 Å². The molecule has 2 amide bonds. The van der Waals surface area contributed by atoms with Crippen molar-refractivity contribution in [2.75, 3.05) is 13.7 Å². The van der Waals surface area contributed by atoms with E-state index >= 15 is 0 Å². The maximum atomic E-state index is 13.7. The highest BCUT2D eigenvalue weighted by molar-refractivity contribution is 6.42. The highest BCUT2D eigenvalue weighted by atomic mass is 35.5. The molecular weight excluding hydrogens is 539 g/mol. The van der Waals surface area contributed by atoms with Crippen molar-refractivity contribution in [2.45, 2.75) is 26.6 Å². The van der Waals surface area contributed by atoms with Crippen molar-refractivity contribution in [3.8, 4) is 11.4 Å². The van der Waals surface area contributed by atoms with Gasteiger partial charge in [0, 0.05) is 25.2 Å². The van der Waals surface area contributed by atoms with Gasteiger partial charge in [-0.3, -0.25) is 18.7 Å². The van der Waals surface area contributed by atoms with Crippen LogP contribution in [-0.2, 0) is 19.6 Å². The number of fused-ring (bicyclic) bond motifs is 1. The number of aryl methyl sites for hydroxylation is 1. The summed E-state index contributed by atoms with van der Waals surface area (Å²) in [5.74, 6) is -0.0118. The van der Waals surface area contributed by atoms with Gasteiger partial charge in [-0.1, -0.05) is 53.5 Å². The number of aromatic nitrogens is 2. The van der Waals surface area contributed by atoms with E-state index in [2.05, 4.69) is 5.32 Å². The van der Waals surface area contributed by atoms with Crippen LogP contribution in [0.1, 0.15) is 37.7 Å². The third-order valence-corrected chi connectivity index (χ3v) is 7.52. The van der Waals surface area contributed by atoms with Gasteiger partial charge in [0.05, 0.1) is 35.1 Å². The Balaban J connectivity index is 1.56. The Morgan fingerprint density at radius 2 is 1.74 bits per heavy atom. The Labute approximate surface area is 235 Å². The molecule has 5 rings (SSSR count). The molecule has 1 aliphatic heterocycles. The minimum Gasteiger partial charge on any atom is -0.496 e. The molecule has 4 aromatic rings. The van der Waals surface area contributed by atoms with Gasteiger partial charge in [0.1, 0.15) is 11.4 Å². The van der Waals surface area contributed by atoms with Gasteiger partial charge in [0.15, 0.2) is 0 Å². The van der Waals surface area contributed by atoms with E-state index in [1.54, 1.807) is 46.9 Å². The van der Waals surface area contributed by atoms with Crippen LogP contribution >= 0.6 is 23.2 Å². The first-order chi connectivity index (χ1) is 18.8. The highest BCUT2D eigenvalue weighted by Gasteiger charge is 2.32. The lowest BCUT2D eigenvalue weighted by Gasteiger charge is -2.28. The lowest BCUT2D eigenvalue weighted by atomic mass is 10.1. The number of amides is 2. The Kier molecular flexibility index (Phi) is 7.50. The predicted octanol–water partition coefficient (Wildman–Crippen LogP) is 4.85. The van der Waals surface area contributed by atoms with Crippen LogP contribution in [0, 0.1) is 6.92 Å². The van der Waals surface area contributed by atoms with Gasteiger partial charge in [-0.15, -0.1) is 0 Å². The van der Waals surface area contributed by atoms with Crippen LogP contribution in [0.25, 0.3) is 5.69 Å². The van der Waals surface area contributed by atoms with Crippen molar-refractivity contribution < 1.29 is 14.3 Å². The number of nitrogens with zero attached hydrogens (tertiary/aromatic N) is 3. The van der Waals surface area contributed by atoms with Crippen molar-refractivity contribution >= 4 is 35.0 Å². The number of rotatable bonds is 6. The topological polar surface area (TPSA) is 85.6 Å². The Morgan fingerprint density at radius 1 is 0.974 bits per heavy atom. The molecule has 1 aromatic heterocycles. The number of nitrogens with one attached hydrogen (secondary N) is 1. The number of methoxy groups -OCH3 is 1. The van der Waals surface area contributed by atoms with Gasteiger partial charge in [-0.25, -0.2) is 4.79 Å². The molecule has 200 valence electrons. The normalized spacial score (nSPS) is 12.7. The summed E-state index contributed by atoms with van der Waals surface area (Å²) in [6.07, 6.45) is 0. The van der Waals surface area contributed by atoms with Gasteiger partial charge >= 0.3 is 5.69 Å². The fraction of sp³-hybridized carbons (Fsp3) is 0.207. The molecule has 10 heteroatoms. The van der Waals surface area contributed by atoms with E-state index in [1.807, 2.05) is 37.3 Å². The van der Waals surface area contributed by atoms with Crippen molar-refractivity contribution in [2.24, 2.45) is 0 Å². The first-order valence-electron chi connectivity index (χ1n) is 12.3. The molecule has 0 saturated carbocycles. The van der Waals surface area contributed by atoms with Crippen molar-refractivity contribution in [1.29, 1.82) is 0 Å². The summed E-state index contributed by atoms with van der Waals surface area (Å²) in [5, 5.41) is 3.57. The molecular formula is C29H26Cl2N4O4. The zero-order chi connectivity index (χ0) is 27.7. The maximum Gasteiger partial charge on any atom is 0.333 e. The summed E-state index contributed by atoms with van der Waals surface area (Å²) in [6, 6.07) is 19.5. The van der Waals surface area contributed by atoms with Gasteiger partial charge < -0.3 is 15.0 Å². The van der Waals surface area contributed by atoms with Crippen LogP contribution in [0.3, 0.4) is 0 Å². The Hall–Kier alpha value is -4.01. The number of hydrogen-bond acceptors (Lipinski definition) is 4. The fourth-order valence-corrected chi connectivity index (χ4v) is 5.08. The number of carbonyl (C=O) groups excluding carboxylic acids is 2. The van der Waals surface area contributed by atoms with Gasteiger partial charge in [0.25, 0.3) is 11.8 Å². The lowest BCUT2D eigenvalue weighted by Crippen LogP contribution is -2.41. The number of halogens is 2. The average molecular weight is 565 g/mol. The molecule has 1 N–H and O–H groups in total. The van der Waals surface area contributed by atoms with E-state index in [9.17, 15) is 14.4 Å². The SMILES string of the molecule is COc1ccc(-n2c(C(=O)NCc3ccccc3)c3n(c2=O)CCN(C(=O)c2ccc(Cl)c(Cl)c2)C3)cc1C. The van der Waals surface area contributed by atoms with E-state index in [0.29, 0.717) is 34.3 Å². The van der Waals surface area contributed by atoms with E-state index in [-0.39, 0.29) is 41.9 Å². The quantitative estimate of drug-likeness (QED) is 0.363. The van der Waals surface area contributed by atoms with Crippen molar-refractivity contribution in [3.63, 3.8) is 0 Å². The second-order valence-corrected chi connectivity index (χ2v) is 10.1. The molecule has 8 nitrogen and oxygen atoms in total. The van der Waals surface area contributed by atoms with Crippen LogP contribution in [-0.4, -0.2) is 39.5 Å². The smallest absolute Gasteiger partial charge is 0.333 e. The van der Waals surface area contributed by atoms with Crippen LogP contribution in [0.2, 0.25) is 10.0 Å². The molecule has 0 spiro atoms. The van der Waals surface area contributed by atoms with Crippen LogP contribution < -0.4 is 15.7 Å². The predicted molar refractivity (Wildman–Crippen MR) is 150 cm³/mol. The zero-order valence-corrected chi connectivity index (χ0v) is 22.9. The molecule has 0 bridgehead atoms. The number of ether oxygens (including phenoxy) is 1. The summed E-state index contributed by atoms with van der Waals surface area (Å²) in [4.78, 5) is 42.3. The lowest BCUT2D eigenvalue weighted by molar-refractivity contribution is 0.0706. The molecule has 3 aromatic carbocycles. The first kappa shape index (κ1) is 26.6. The van der Waals surface area contributed by atoms with Crippen molar-refractivity contribution in [1.82, 2.24) is 19.4 Å². The third-order valence-electron chi connectivity index (χ3n) is 6.78. The Morgan fingerprint density at radius 3 is 2.44 bits per heavy atom. The largest absolute Gasteiger partial charge is 0.496 e. The number of imidazole rings is 1. The van der Waals surface area contributed by atoms with E-state index < -0.39 is 5.91 Å². The Bertz CT molecular complexity index is 1630. The average Bonchev–Trinajstić information content (AvgIpc) is 3.24. The number of hydrogen-bond donors (Lipinski definition) is 1. The minimum atomic E-state index is -0.415. The van der Waals surface area contributed by atoms with Crippen LogP contribution in [0.5, 0.6) is 5.75 Å². The summed E-state index contributed by atoms with van der Waals surface area (Å²) in [6.45, 7) is 2.76. The highest BCUT2D eigenvalue weighted by Crippen LogP contribution is 2.27. The maximum absolute atomic E-state index is 13.7. The zero-order valence-electron chi connectivity index (χ0n) is 21.4. The van der Waals surface area contributed by atoms with Crippen LogP contribution in [0.4, 0.5) is 0 Å². The third kappa shape index (κ3) is 5.17. The molecule has 0 saturated heterocycles. The van der Waals surface area contributed by atoms with Crippen molar-refractivity contribution in [3.05, 3.63) is 115 Å². The monoisotopic (exact) mass is 564 g/mol. The van der Waals surface area contributed by atoms with Crippen LogP contribution in [0.15, 0.2) is 71.5 Å². The summed E-state index contributed by atoms with van der Waals surface area (Å²) in [5.41, 5.74) is 2.95. The molecule has 0 fully saturated rings. The molecule has 39 heavy (non-hydrogen) atoms. The second kappa shape index (κ2) is 11.0.